The van der Waals surface area contributed by atoms with Gasteiger partial charge in [-0.3, -0.25) is 4.79 Å². The second-order valence-corrected chi connectivity index (χ2v) is 4.25. The van der Waals surface area contributed by atoms with Crippen LogP contribution in [0.3, 0.4) is 0 Å². The van der Waals surface area contributed by atoms with Gasteiger partial charge in [0.2, 0.25) is 0 Å². The normalized spacial score (nSPS) is 12.1. The topological polar surface area (TPSA) is 29.5 Å². The van der Waals surface area contributed by atoms with Gasteiger partial charge in [0.05, 0.1) is 0 Å². The Bertz CT molecular complexity index is 402. The van der Waals surface area contributed by atoms with Gasteiger partial charge in [-0.05, 0) is 30.0 Å². The van der Waals surface area contributed by atoms with Crippen LogP contribution in [0.5, 0.6) is 0 Å². The van der Waals surface area contributed by atoms with Crippen molar-refractivity contribution in [2.24, 2.45) is 0 Å². The highest BCUT2D eigenvalue weighted by Gasteiger charge is 2.23. The summed E-state index contributed by atoms with van der Waals surface area (Å²) in [4.78, 5) is 13.4. The van der Waals surface area contributed by atoms with Gasteiger partial charge in [0.25, 0.3) is 5.91 Å². The van der Waals surface area contributed by atoms with E-state index >= 15 is 0 Å². The average Bonchev–Trinajstić information content (AvgIpc) is 2.78. The molecule has 0 bridgehead atoms. The minimum atomic E-state index is 0.137. The van der Waals surface area contributed by atoms with Gasteiger partial charge in [-0.2, -0.15) is 0 Å². The second-order valence-electron chi connectivity index (χ2n) is 4.25. The smallest absolute Gasteiger partial charge is 0.254 e. The Labute approximate surface area is 123 Å². The van der Waals surface area contributed by atoms with E-state index in [9.17, 15) is 4.79 Å². The van der Waals surface area contributed by atoms with Gasteiger partial charge in [0.15, 0.2) is 0 Å². The number of hydrogen-bond acceptors (Lipinski definition) is 2. The van der Waals surface area contributed by atoms with Crippen LogP contribution in [-0.4, -0.2) is 31.6 Å². The van der Waals surface area contributed by atoms with E-state index in [1.54, 1.807) is 12.0 Å². The number of carbonyl (C=O) groups excluding carboxylic acids is 1. The van der Waals surface area contributed by atoms with Gasteiger partial charge >= 0.3 is 0 Å². The first-order chi connectivity index (χ1) is 9.72. The Kier molecular flexibility index (Phi) is 9.73. The predicted octanol–water partition coefficient (Wildman–Crippen LogP) is 3.90. The van der Waals surface area contributed by atoms with Crippen LogP contribution in [0.25, 0.3) is 0 Å². The molecule has 1 heterocycles. The van der Waals surface area contributed by atoms with E-state index in [0.717, 1.165) is 37.1 Å². The van der Waals surface area contributed by atoms with Crippen LogP contribution in [0.1, 0.15) is 55.6 Å². The molecule has 1 amide bonds. The van der Waals surface area contributed by atoms with Gasteiger partial charge < -0.3 is 9.64 Å². The molecular weight excluding hydrogens is 250 g/mol. The maximum atomic E-state index is 11.7. The van der Waals surface area contributed by atoms with Gasteiger partial charge in [-0.15, -0.1) is 0 Å². The molecule has 0 saturated carbocycles. The summed E-state index contributed by atoms with van der Waals surface area (Å²) in [6.45, 7) is 9.53. The predicted molar refractivity (Wildman–Crippen MR) is 85.1 cm³/mol. The summed E-state index contributed by atoms with van der Waals surface area (Å²) >= 11 is 0. The summed E-state index contributed by atoms with van der Waals surface area (Å²) in [5.74, 6) is 0.137. The zero-order valence-corrected chi connectivity index (χ0v) is 13.8. The van der Waals surface area contributed by atoms with E-state index in [4.69, 9.17) is 4.74 Å². The maximum Gasteiger partial charge on any atom is 0.254 e. The van der Waals surface area contributed by atoms with E-state index < -0.39 is 0 Å². The third-order valence-corrected chi connectivity index (χ3v) is 2.97. The van der Waals surface area contributed by atoms with Crippen molar-refractivity contribution in [1.82, 2.24) is 4.90 Å². The van der Waals surface area contributed by atoms with Crippen molar-refractivity contribution in [2.75, 3.05) is 20.8 Å². The first-order valence-corrected chi connectivity index (χ1v) is 7.58. The van der Waals surface area contributed by atoms with E-state index in [0.29, 0.717) is 0 Å². The second kappa shape index (κ2) is 10.4. The molecular formula is C17H29NO2. The molecule has 1 aliphatic heterocycles. The molecule has 0 unspecified atom stereocenters. The monoisotopic (exact) mass is 279 g/mol. The highest BCUT2D eigenvalue weighted by Crippen LogP contribution is 2.22. The number of carbonyl (C=O) groups is 1. The molecule has 0 atom stereocenters. The summed E-state index contributed by atoms with van der Waals surface area (Å²) in [5, 5.41) is 0. The molecule has 0 saturated heterocycles. The summed E-state index contributed by atoms with van der Waals surface area (Å²) in [5.41, 5.74) is 3.30. The van der Waals surface area contributed by atoms with Gasteiger partial charge in [-0.1, -0.05) is 39.8 Å². The largest absolute Gasteiger partial charge is 0.385 e. The lowest BCUT2D eigenvalue weighted by Gasteiger charge is -2.04. The summed E-state index contributed by atoms with van der Waals surface area (Å²) in [7, 11) is 3.56. The maximum absolute atomic E-state index is 11.7. The fourth-order valence-corrected chi connectivity index (χ4v) is 2.10. The van der Waals surface area contributed by atoms with Crippen molar-refractivity contribution in [2.45, 2.75) is 47.1 Å². The van der Waals surface area contributed by atoms with Crippen molar-refractivity contribution in [1.29, 1.82) is 0 Å². The molecule has 2 rings (SSSR count). The van der Waals surface area contributed by atoms with Crippen LogP contribution in [-0.2, 0) is 17.7 Å². The molecule has 114 valence electrons. The quantitative estimate of drug-likeness (QED) is 0.782. The molecule has 1 aliphatic rings. The van der Waals surface area contributed by atoms with Crippen molar-refractivity contribution in [3.63, 3.8) is 0 Å². The lowest BCUT2D eigenvalue weighted by molar-refractivity contribution is 0.0816. The molecule has 0 spiro atoms. The Balaban J connectivity index is 0.000000829. The lowest BCUT2D eigenvalue weighted by atomic mass is 10.0. The summed E-state index contributed by atoms with van der Waals surface area (Å²) < 4.78 is 5.03. The van der Waals surface area contributed by atoms with Crippen LogP contribution in [0, 0.1) is 0 Å². The molecule has 0 aromatic heterocycles. The zero-order valence-electron chi connectivity index (χ0n) is 13.8. The van der Waals surface area contributed by atoms with Crippen molar-refractivity contribution in [3.05, 3.63) is 34.9 Å². The van der Waals surface area contributed by atoms with Crippen LogP contribution in [0.4, 0.5) is 0 Å². The molecule has 3 heteroatoms. The van der Waals surface area contributed by atoms with E-state index in [1.165, 1.54) is 5.56 Å². The molecule has 3 nitrogen and oxygen atoms in total. The SMILES string of the molecule is CC.CC.COCCCc1ccc2c(c1)CN(C)C2=O. The van der Waals surface area contributed by atoms with Crippen molar-refractivity contribution >= 4 is 5.91 Å². The Hall–Kier alpha value is -1.35. The fraction of sp³-hybridized carbons (Fsp3) is 0.588. The van der Waals surface area contributed by atoms with E-state index in [1.807, 2.05) is 46.9 Å². The molecule has 0 fully saturated rings. The first kappa shape index (κ1) is 18.7. The van der Waals surface area contributed by atoms with Crippen LogP contribution >= 0.6 is 0 Å². The third-order valence-electron chi connectivity index (χ3n) is 2.97. The summed E-state index contributed by atoms with van der Waals surface area (Å²) in [6, 6.07) is 6.14. The molecule has 1 aromatic carbocycles. The van der Waals surface area contributed by atoms with Crippen LogP contribution in [0.15, 0.2) is 18.2 Å². The highest BCUT2D eigenvalue weighted by molar-refractivity contribution is 5.98. The van der Waals surface area contributed by atoms with Crippen LogP contribution < -0.4 is 0 Å². The summed E-state index contributed by atoms with van der Waals surface area (Å²) in [6.07, 6.45) is 2.04. The van der Waals surface area contributed by atoms with E-state index in [-0.39, 0.29) is 5.91 Å². The Morgan fingerprint density at radius 2 is 1.85 bits per heavy atom. The first-order valence-electron chi connectivity index (χ1n) is 7.58. The number of fused-ring (bicyclic) bond motifs is 1. The number of benzene rings is 1. The minimum Gasteiger partial charge on any atom is -0.385 e. The zero-order chi connectivity index (χ0) is 15.5. The molecule has 20 heavy (non-hydrogen) atoms. The molecule has 0 aliphatic carbocycles. The van der Waals surface area contributed by atoms with E-state index in [2.05, 4.69) is 6.07 Å². The van der Waals surface area contributed by atoms with Gasteiger partial charge in [0, 0.05) is 32.9 Å². The Morgan fingerprint density at radius 3 is 2.45 bits per heavy atom. The van der Waals surface area contributed by atoms with Crippen LogP contribution in [0.2, 0.25) is 0 Å². The minimum absolute atomic E-state index is 0.137. The fourth-order valence-electron chi connectivity index (χ4n) is 2.10. The standard InChI is InChI=1S/C13H17NO2.2C2H6/c1-14-9-11-8-10(4-3-7-16-2)5-6-12(11)13(14)15;2*1-2/h5-6,8H,3-4,7,9H2,1-2H3;2*1-2H3. The lowest BCUT2D eigenvalue weighted by Crippen LogP contribution is -2.17. The number of rotatable bonds is 4. The number of aryl methyl sites for hydroxylation is 1. The van der Waals surface area contributed by atoms with Gasteiger partial charge in [-0.25, -0.2) is 0 Å². The third kappa shape index (κ3) is 4.97. The number of ether oxygens (including phenoxy) is 1. The molecule has 0 N–H and O–H groups in total. The van der Waals surface area contributed by atoms with Gasteiger partial charge in [0.1, 0.15) is 0 Å². The number of methoxy groups -OCH3 is 1. The number of amides is 1. The highest BCUT2D eigenvalue weighted by atomic mass is 16.5. The molecule has 0 radical (unpaired) electrons. The average molecular weight is 279 g/mol. The van der Waals surface area contributed by atoms with Crippen molar-refractivity contribution in [3.8, 4) is 0 Å². The Morgan fingerprint density at radius 1 is 1.20 bits per heavy atom. The van der Waals surface area contributed by atoms with Crippen molar-refractivity contribution < 1.29 is 9.53 Å². The number of hydrogen-bond donors (Lipinski definition) is 0. The molecule has 1 aromatic rings. The number of nitrogens with zero attached hydrogens (tertiary/aromatic N) is 1.